The van der Waals surface area contributed by atoms with Crippen molar-refractivity contribution in [2.24, 2.45) is 0 Å². The molecule has 1 fully saturated rings. The smallest absolute Gasteiger partial charge is 0.223 e. The molecule has 3 rings (SSSR count). The van der Waals surface area contributed by atoms with Gasteiger partial charge in [0.2, 0.25) is 5.95 Å². The quantitative estimate of drug-likeness (QED) is 0.590. The fourth-order valence-electron chi connectivity index (χ4n) is 4.67. The minimum Gasteiger partial charge on any atom is -0.351 e. The van der Waals surface area contributed by atoms with Crippen molar-refractivity contribution in [1.82, 2.24) is 9.97 Å². The largest absolute Gasteiger partial charge is 0.351 e. The van der Waals surface area contributed by atoms with Gasteiger partial charge < -0.3 is 5.32 Å². The molecule has 0 radical (unpaired) electrons. The standard InChI is InChI=1S/C25H38N4/c26-19-22-20-27-25(28-23-17-13-9-5-2-6-10-14-18-23)29-24(22)21-15-11-7-3-1-4-8-12-16-21/h15,20,23H,1-14,16-18H2,(H,27,28,29)/b21-15+. The number of hydrogen-bond acceptors (Lipinski definition) is 4. The number of aromatic nitrogens is 2. The van der Waals surface area contributed by atoms with Gasteiger partial charge in [-0.3, -0.25) is 0 Å². The van der Waals surface area contributed by atoms with E-state index in [0.717, 1.165) is 18.5 Å². The lowest BCUT2D eigenvalue weighted by atomic mass is 9.96. The second-order valence-electron chi connectivity index (χ2n) is 8.85. The van der Waals surface area contributed by atoms with E-state index < -0.39 is 0 Å². The predicted molar refractivity (Wildman–Crippen MR) is 121 cm³/mol. The third kappa shape index (κ3) is 7.46. The van der Waals surface area contributed by atoms with Gasteiger partial charge in [0.1, 0.15) is 6.07 Å². The third-order valence-electron chi connectivity index (χ3n) is 6.44. The van der Waals surface area contributed by atoms with Crippen LogP contribution in [0.3, 0.4) is 0 Å². The van der Waals surface area contributed by atoms with Gasteiger partial charge in [-0.05, 0) is 44.1 Å². The molecule has 0 aliphatic heterocycles. The minimum atomic E-state index is 0.451. The highest BCUT2D eigenvalue weighted by molar-refractivity contribution is 5.68. The Bertz CT molecular complexity index is 679. The molecule has 1 aromatic rings. The number of hydrogen-bond donors (Lipinski definition) is 1. The SMILES string of the molecule is N#Cc1cnc(NC2CCCCCCCCC2)nc1/C1=C/CCCCCCCC1. The Morgan fingerprint density at radius 1 is 0.828 bits per heavy atom. The number of rotatable bonds is 3. The van der Waals surface area contributed by atoms with Gasteiger partial charge in [-0.25, -0.2) is 9.97 Å². The van der Waals surface area contributed by atoms with Crippen LogP contribution in [0.25, 0.3) is 5.57 Å². The van der Waals surface area contributed by atoms with Crippen LogP contribution in [0.2, 0.25) is 0 Å². The van der Waals surface area contributed by atoms with Crippen molar-refractivity contribution in [3.05, 3.63) is 23.5 Å². The topological polar surface area (TPSA) is 61.6 Å². The number of anilines is 1. The molecule has 0 bridgehead atoms. The Morgan fingerprint density at radius 2 is 1.45 bits per heavy atom. The summed E-state index contributed by atoms with van der Waals surface area (Å²) < 4.78 is 0. The molecule has 0 aromatic carbocycles. The lowest BCUT2D eigenvalue weighted by Gasteiger charge is -2.21. The summed E-state index contributed by atoms with van der Waals surface area (Å²) in [6.07, 6.45) is 25.7. The average Bonchev–Trinajstić information content (AvgIpc) is 2.76. The lowest BCUT2D eigenvalue weighted by Crippen LogP contribution is -2.22. The van der Waals surface area contributed by atoms with Gasteiger partial charge in [-0.1, -0.05) is 76.7 Å². The molecule has 158 valence electrons. The highest BCUT2D eigenvalue weighted by Crippen LogP contribution is 2.27. The van der Waals surface area contributed by atoms with Crippen LogP contribution in [-0.2, 0) is 0 Å². The normalized spacial score (nSPS) is 22.7. The summed E-state index contributed by atoms with van der Waals surface area (Å²) in [5.41, 5.74) is 2.73. The van der Waals surface area contributed by atoms with Gasteiger partial charge in [0.25, 0.3) is 0 Å². The molecule has 1 aromatic heterocycles. The predicted octanol–water partition coefficient (Wildman–Crippen LogP) is 7.17. The van der Waals surface area contributed by atoms with Crippen molar-refractivity contribution < 1.29 is 0 Å². The van der Waals surface area contributed by atoms with Crippen LogP contribution < -0.4 is 5.32 Å². The minimum absolute atomic E-state index is 0.451. The van der Waals surface area contributed by atoms with Crippen LogP contribution in [0.5, 0.6) is 0 Å². The molecule has 2 aliphatic rings. The van der Waals surface area contributed by atoms with Gasteiger partial charge in [0.15, 0.2) is 0 Å². The molecular formula is C25H38N4. The number of nitriles is 1. The van der Waals surface area contributed by atoms with Crippen LogP contribution in [0, 0.1) is 11.3 Å². The van der Waals surface area contributed by atoms with Gasteiger partial charge in [-0.2, -0.15) is 5.26 Å². The van der Waals surface area contributed by atoms with Crippen molar-refractivity contribution >= 4 is 11.5 Å². The molecule has 1 saturated carbocycles. The second kappa shape index (κ2) is 12.6. The average molecular weight is 395 g/mol. The van der Waals surface area contributed by atoms with E-state index in [1.54, 1.807) is 6.20 Å². The first-order chi connectivity index (χ1) is 14.4. The summed E-state index contributed by atoms with van der Waals surface area (Å²) in [4.78, 5) is 9.37. The fraction of sp³-hybridized carbons (Fsp3) is 0.720. The zero-order valence-electron chi connectivity index (χ0n) is 18.1. The molecule has 0 saturated heterocycles. The number of allylic oxidation sites excluding steroid dienone is 2. The van der Waals surface area contributed by atoms with E-state index in [-0.39, 0.29) is 0 Å². The highest BCUT2D eigenvalue weighted by Gasteiger charge is 2.16. The molecular weight excluding hydrogens is 356 g/mol. The van der Waals surface area contributed by atoms with Crippen LogP contribution >= 0.6 is 0 Å². The zero-order chi connectivity index (χ0) is 20.2. The molecule has 29 heavy (non-hydrogen) atoms. The maximum Gasteiger partial charge on any atom is 0.223 e. The Morgan fingerprint density at radius 3 is 2.14 bits per heavy atom. The maximum absolute atomic E-state index is 9.64. The van der Waals surface area contributed by atoms with Crippen LogP contribution in [0.4, 0.5) is 5.95 Å². The lowest BCUT2D eigenvalue weighted by molar-refractivity contribution is 0.475. The van der Waals surface area contributed by atoms with Crippen molar-refractivity contribution in [2.45, 2.75) is 115 Å². The summed E-state index contributed by atoms with van der Waals surface area (Å²) in [6, 6.07) is 2.78. The molecule has 4 nitrogen and oxygen atoms in total. The van der Waals surface area contributed by atoms with E-state index in [2.05, 4.69) is 22.4 Å². The summed E-state index contributed by atoms with van der Waals surface area (Å²) in [5.74, 6) is 0.707. The Hall–Kier alpha value is -1.89. The first-order valence-electron chi connectivity index (χ1n) is 12.1. The maximum atomic E-state index is 9.64. The van der Waals surface area contributed by atoms with Gasteiger partial charge in [0.05, 0.1) is 17.5 Å². The van der Waals surface area contributed by atoms with E-state index in [9.17, 15) is 5.26 Å². The van der Waals surface area contributed by atoms with E-state index in [0.29, 0.717) is 17.6 Å². The summed E-state index contributed by atoms with van der Waals surface area (Å²) >= 11 is 0. The summed E-state index contributed by atoms with van der Waals surface area (Å²) in [7, 11) is 0. The van der Waals surface area contributed by atoms with Crippen molar-refractivity contribution in [2.75, 3.05) is 5.32 Å². The van der Waals surface area contributed by atoms with Gasteiger partial charge >= 0.3 is 0 Å². The van der Waals surface area contributed by atoms with Gasteiger partial charge in [-0.15, -0.1) is 0 Å². The summed E-state index contributed by atoms with van der Waals surface area (Å²) in [6.45, 7) is 0. The van der Waals surface area contributed by atoms with Crippen LogP contribution in [0.1, 0.15) is 120 Å². The second-order valence-corrected chi connectivity index (χ2v) is 8.85. The van der Waals surface area contributed by atoms with E-state index in [1.165, 1.54) is 102 Å². The fourth-order valence-corrected chi connectivity index (χ4v) is 4.67. The Balaban J connectivity index is 1.74. The molecule has 2 aliphatic carbocycles. The monoisotopic (exact) mass is 394 g/mol. The molecule has 0 spiro atoms. The van der Waals surface area contributed by atoms with Crippen LogP contribution in [-0.4, -0.2) is 16.0 Å². The first-order valence-corrected chi connectivity index (χ1v) is 12.1. The Labute approximate surface area is 177 Å². The molecule has 0 unspecified atom stereocenters. The molecule has 4 heteroatoms. The first kappa shape index (κ1) is 21.8. The summed E-state index contributed by atoms with van der Waals surface area (Å²) in [5, 5.41) is 13.3. The number of nitrogens with zero attached hydrogens (tertiary/aromatic N) is 3. The van der Waals surface area contributed by atoms with Gasteiger partial charge in [0, 0.05) is 6.04 Å². The number of nitrogens with one attached hydrogen (secondary N) is 1. The van der Waals surface area contributed by atoms with Crippen LogP contribution in [0.15, 0.2) is 12.3 Å². The van der Waals surface area contributed by atoms with E-state index in [1.807, 2.05) is 0 Å². The highest BCUT2D eigenvalue weighted by atomic mass is 15.1. The van der Waals surface area contributed by atoms with Crippen molar-refractivity contribution in [3.8, 4) is 6.07 Å². The molecule has 0 atom stereocenters. The van der Waals surface area contributed by atoms with Crippen molar-refractivity contribution in [1.29, 1.82) is 5.26 Å². The van der Waals surface area contributed by atoms with Crippen molar-refractivity contribution in [3.63, 3.8) is 0 Å². The van der Waals surface area contributed by atoms with E-state index >= 15 is 0 Å². The molecule has 1 N–H and O–H groups in total. The molecule has 1 heterocycles. The van der Waals surface area contributed by atoms with E-state index in [4.69, 9.17) is 4.98 Å². The molecule has 0 amide bonds. The zero-order valence-corrected chi connectivity index (χ0v) is 18.1. The third-order valence-corrected chi connectivity index (χ3v) is 6.44. The Kier molecular flexibility index (Phi) is 9.50.